The Hall–Kier alpha value is -7.18. The number of hydrogen-bond donors (Lipinski definition) is 0. The van der Waals surface area contributed by atoms with Crippen LogP contribution in [0.3, 0.4) is 0 Å². The van der Waals surface area contributed by atoms with Gasteiger partial charge in [-0.15, -0.1) is 0 Å². The molecule has 0 unspecified atom stereocenters. The first-order chi connectivity index (χ1) is 25.8. The molecule has 52 heavy (non-hydrogen) atoms. The highest BCUT2D eigenvalue weighted by molar-refractivity contribution is 6.01. The third kappa shape index (κ3) is 5.99. The van der Waals surface area contributed by atoms with Crippen molar-refractivity contribution >= 4 is 10.9 Å². The fourth-order valence-electron chi connectivity index (χ4n) is 6.67. The predicted octanol–water partition coefficient (Wildman–Crippen LogP) is 10.9. The normalized spacial score (nSPS) is 11.1. The second-order valence-corrected chi connectivity index (χ2v) is 12.4. The maximum atomic E-state index is 5.04. The van der Waals surface area contributed by atoms with Gasteiger partial charge in [0.05, 0.1) is 5.52 Å². The molecule has 6 heteroatoms. The molecule has 9 aromatic rings. The van der Waals surface area contributed by atoms with Crippen molar-refractivity contribution in [3.8, 4) is 78.7 Å². The van der Waals surface area contributed by atoms with E-state index < -0.39 is 0 Å². The minimum absolute atomic E-state index is 0.566. The van der Waals surface area contributed by atoms with Crippen molar-refractivity contribution in [2.75, 3.05) is 0 Å². The highest BCUT2D eigenvalue weighted by Crippen LogP contribution is 2.43. The van der Waals surface area contributed by atoms with Gasteiger partial charge in [0.15, 0.2) is 17.5 Å². The van der Waals surface area contributed by atoms with E-state index in [4.69, 9.17) is 19.9 Å². The first-order valence-corrected chi connectivity index (χ1v) is 17.1. The topological polar surface area (TPSA) is 77.3 Å². The molecule has 0 aliphatic carbocycles. The molecule has 0 saturated carbocycles. The van der Waals surface area contributed by atoms with Gasteiger partial charge in [0.1, 0.15) is 0 Å². The van der Waals surface area contributed by atoms with Crippen molar-refractivity contribution < 1.29 is 0 Å². The molecule has 0 aliphatic rings. The van der Waals surface area contributed by atoms with Gasteiger partial charge in [-0.2, -0.15) is 0 Å². The summed E-state index contributed by atoms with van der Waals surface area (Å²) in [4.78, 5) is 28.3. The molecule has 0 atom stereocenters. The third-order valence-corrected chi connectivity index (χ3v) is 9.21. The number of hydrogen-bond acceptors (Lipinski definition) is 6. The van der Waals surface area contributed by atoms with E-state index in [0.29, 0.717) is 17.5 Å². The molecule has 0 radical (unpaired) electrons. The highest BCUT2D eigenvalue weighted by Gasteiger charge is 2.19. The molecule has 9 rings (SSSR count). The lowest BCUT2D eigenvalue weighted by molar-refractivity contribution is 1.07. The number of benzene rings is 5. The monoisotopic (exact) mass is 666 g/mol. The zero-order valence-corrected chi connectivity index (χ0v) is 28.0. The number of para-hydroxylation sites is 1. The van der Waals surface area contributed by atoms with Crippen LogP contribution in [0.4, 0.5) is 0 Å². The quantitative estimate of drug-likeness (QED) is 0.168. The fourth-order valence-corrected chi connectivity index (χ4v) is 6.67. The number of aromatic nitrogens is 6. The summed E-state index contributed by atoms with van der Waals surface area (Å²) in [7, 11) is 0. The maximum absolute atomic E-state index is 5.04. The van der Waals surface area contributed by atoms with E-state index >= 15 is 0 Å². The molecule has 0 amide bonds. The number of rotatable bonds is 7. The highest BCUT2D eigenvalue weighted by atomic mass is 15.0. The zero-order valence-electron chi connectivity index (χ0n) is 28.0. The SMILES string of the molecule is c1ccc(-c2ccc(-c3ccccc3)c(-c3ccc(-c4nc(-c5ccncc5)nc(-c5ccncc5)n4)cc3-c3cccc4cccnc34)c2)cc1. The molecule has 4 aromatic heterocycles. The molecule has 4 heterocycles. The second-order valence-electron chi connectivity index (χ2n) is 12.4. The lowest BCUT2D eigenvalue weighted by Gasteiger charge is -2.18. The van der Waals surface area contributed by atoms with Gasteiger partial charge in [-0.25, -0.2) is 15.0 Å². The van der Waals surface area contributed by atoms with E-state index in [0.717, 1.165) is 72.1 Å². The van der Waals surface area contributed by atoms with Crippen molar-refractivity contribution in [3.63, 3.8) is 0 Å². The summed E-state index contributed by atoms with van der Waals surface area (Å²) in [5.74, 6) is 1.70. The van der Waals surface area contributed by atoms with E-state index in [2.05, 4.69) is 131 Å². The second kappa shape index (κ2) is 13.6. The summed E-state index contributed by atoms with van der Waals surface area (Å²) in [5, 5.41) is 1.07. The van der Waals surface area contributed by atoms with E-state index in [1.54, 1.807) is 24.8 Å². The Bertz CT molecular complexity index is 2600. The molecular formula is C46H30N6. The lowest BCUT2D eigenvalue weighted by atomic mass is 9.86. The van der Waals surface area contributed by atoms with E-state index in [9.17, 15) is 0 Å². The van der Waals surface area contributed by atoms with E-state index in [-0.39, 0.29) is 0 Å². The first kappa shape index (κ1) is 30.8. The molecular weight excluding hydrogens is 637 g/mol. The van der Waals surface area contributed by atoms with Gasteiger partial charge in [-0.1, -0.05) is 109 Å². The molecule has 6 nitrogen and oxygen atoms in total. The minimum Gasteiger partial charge on any atom is -0.265 e. The van der Waals surface area contributed by atoms with Crippen LogP contribution in [-0.4, -0.2) is 29.9 Å². The lowest BCUT2D eigenvalue weighted by Crippen LogP contribution is -2.01. The van der Waals surface area contributed by atoms with Gasteiger partial charge in [-0.3, -0.25) is 15.0 Å². The van der Waals surface area contributed by atoms with Crippen molar-refractivity contribution in [2.45, 2.75) is 0 Å². The van der Waals surface area contributed by atoms with Crippen LogP contribution in [0.2, 0.25) is 0 Å². The average molecular weight is 667 g/mol. The van der Waals surface area contributed by atoms with Crippen LogP contribution in [-0.2, 0) is 0 Å². The largest absolute Gasteiger partial charge is 0.265 e. The maximum Gasteiger partial charge on any atom is 0.164 e. The molecule has 0 spiro atoms. The van der Waals surface area contributed by atoms with E-state index in [1.165, 1.54) is 0 Å². The average Bonchev–Trinajstić information content (AvgIpc) is 3.24. The van der Waals surface area contributed by atoms with Crippen LogP contribution in [0.1, 0.15) is 0 Å². The third-order valence-electron chi connectivity index (χ3n) is 9.21. The van der Waals surface area contributed by atoms with Crippen LogP contribution < -0.4 is 0 Å². The Morgan fingerprint density at radius 2 is 0.827 bits per heavy atom. The smallest absolute Gasteiger partial charge is 0.164 e. The van der Waals surface area contributed by atoms with Gasteiger partial charge in [0.2, 0.25) is 0 Å². The first-order valence-electron chi connectivity index (χ1n) is 17.1. The Morgan fingerprint density at radius 1 is 0.288 bits per heavy atom. The van der Waals surface area contributed by atoms with Gasteiger partial charge < -0.3 is 0 Å². The fraction of sp³-hybridized carbons (Fsp3) is 0. The summed E-state index contributed by atoms with van der Waals surface area (Å²) in [6.07, 6.45) is 8.85. The van der Waals surface area contributed by atoms with Crippen molar-refractivity contribution in [2.24, 2.45) is 0 Å². The summed E-state index contributed by atoms with van der Waals surface area (Å²) >= 11 is 0. The predicted molar refractivity (Wildman–Crippen MR) is 209 cm³/mol. The Morgan fingerprint density at radius 3 is 1.50 bits per heavy atom. The molecule has 0 fully saturated rings. The van der Waals surface area contributed by atoms with Crippen LogP contribution in [0.25, 0.3) is 89.6 Å². The molecule has 0 aliphatic heterocycles. The van der Waals surface area contributed by atoms with Crippen LogP contribution in [0.5, 0.6) is 0 Å². The standard InChI is InChI=1S/C46H30N6/c1-3-9-31(10-4-1)36-16-18-38(32-11-5-2-6-12-32)41(29-36)39-19-17-37(30-42(39)40-15-7-13-33-14-8-24-49-43(33)40)46-51-44(34-20-25-47-26-21-34)50-45(52-46)35-22-27-48-28-23-35/h1-30H. The van der Waals surface area contributed by atoms with Gasteiger partial charge >= 0.3 is 0 Å². The molecule has 5 aromatic carbocycles. The van der Waals surface area contributed by atoms with Crippen LogP contribution in [0.15, 0.2) is 183 Å². The zero-order chi connectivity index (χ0) is 34.7. The summed E-state index contributed by atoms with van der Waals surface area (Å²) in [6, 6.07) is 52.4. The Labute approximate surface area is 301 Å². The number of nitrogens with zero attached hydrogens (tertiary/aromatic N) is 6. The van der Waals surface area contributed by atoms with E-state index in [1.807, 2.05) is 36.5 Å². The van der Waals surface area contributed by atoms with Crippen LogP contribution >= 0.6 is 0 Å². The van der Waals surface area contributed by atoms with Crippen molar-refractivity contribution in [1.82, 2.24) is 29.9 Å². The van der Waals surface area contributed by atoms with Crippen molar-refractivity contribution in [3.05, 3.63) is 183 Å². The number of pyridine rings is 3. The van der Waals surface area contributed by atoms with Crippen LogP contribution in [0, 0.1) is 0 Å². The molecule has 0 saturated heterocycles. The molecule has 0 bridgehead atoms. The minimum atomic E-state index is 0.566. The molecule has 0 N–H and O–H groups in total. The van der Waals surface area contributed by atoms with Gasteiger partial charge in [0.25, 0.3) is 0 Å². The Balaban J connectivity index is 1.32. The summed E-state index contributed by atoms with van der Waals surface area (Å²) in [5.41, 5.74) is 12.3. The summed E-state index contributed by atoms with van der Waals surface area (Å²) in [6.45, 7) is 0. The summed E-state index contributed by atoms with van der Waals surface area (Å²) < 4.78 is 0. The van der Waals surface area contributed by atoms with Gasteiger partial charge in [-0.05, 0) is 81.4 Å². The number of fused-ring (bicyclic) bond motifs is 1. The van der Waals surface area contributed by atoms with Gasteiger partial charge in [0, 0.05) is 58.6 Å². The molecule has 244 valence electrons. The van der Waals surface area contributed by atoms with Crippen molar-refractivity contribution in [1.29, 1.82) is 0 Å². The Kier molecular flexibility index (Phi) is 8.08.